The van der Waals surface area contributed by atoms with Crippen LogP contribution < -0.4 is 0 Å². The second-order valence-corrected chi connectivity index (χ2v) is 4.91. The number of halogens is 1. The van der Waals surface area contributed by atoms with Crippen molar-refractivity contribution in [2.75, 3.05) is 0 Å². The molecule has 0 aliphatic rings. The number of rotatable bonds is 3. The number of hydrogen-bond donors (Lipinski definition) is 1. The molecule has 0 radical (unpaired) electrons. The molecule has 0 saturated heterocycles. The second-order valence-electron chi connectivity index (χ2n) is 3.73. The molecular weight excluding hydrogens is 260 g/mol. The summed E-state index contributed by atoms with van der Waals surface area (Å²) in [6, 6.07) is 0. The van der Waals surface area contributed by atoms with Crippen molar-refractivity contribution < 1.29 is 0 Å². The Bertz CT molecular complexity index is 371. The van der Waals surface area contributed by atoms with Crippen LogP contribution in [0.4, 0.5) is 0 Å². The quantitative estimate of drug-likeness (QED) is 0.853. The fraction of sp³-hybridized carbons (Fsp3) is 0.600. The Morgan fingerprint density at radius 1 is 1.50 bits per heavy atom. The molecular formula is C10H15BrN2S. The Morgan fingerprint density at radius 3 is 2.64 bits per heavy atom. The Kier molecular flexibility index (Phi) is 4.26. The lowest BCUT2D eigenvalue weighted by Gasteiger charge is -2.08. The van der Waals surface area contributed by atoms with Crippen molar-refractivity contribution in [3.05, 3.63) is 20.6 Å². The maximum Gasteiger partial charge on any atom is 0.144 e. The first-order valence-corrected chi connectivity index (χ1v) is 6.02. The van der Waals surface area contributed by atoms with E-state index < -0.39 is 0 Å². The van der Waals surface area contributed by atoms with Gasteiger partial charge in [-0.15, -0.1) is 0 Å². The third-order valence-electron chi connectivity index (χ3n) is 1.94. The zero-order chi connectivity index (χ0) is 10.7. The Morgan fingerprint density at radius 2 is 2.14 bits per heavy atom. The van der Waals surface area contributed by atoms with E-state index in [1.165, 1.54) is 0 Å². The molecule has 0 saturated carbocycles. The average Bonchev–Trinajstić information content (AvgIpc) is 2.10. The van der Waals surface area contributed by atoms with Crippen molar-refractivity contribution in [3.63, 3.8) is 0 Å². The van der Waals surface area contributed by atoms with Crippen molar-refractivity contribution in [1.29, 1.82) is 0 Å². The van der Waals surface area contributed by atoms with Gasteiger partial charge in [-0.3, -0.25) is 0 Å². The predicted octanol–water partition coefficient (Wildman–Crippen LogP) is 3.66. The highest BCUT2D eigenvalue weighted by Gasteiger charge is 2.05. The summed E-state index contributed by atoms with van der Waals surface area (Å²) in [7, 11) is 0. The van der Waals surface area contributed by atoms with E-state index in [2.05, 4.69) is 46.7 Å². The first-order valence-electron chi connectivity index (χ1n) is 4.82. The molecule has 4 heteroatoms. The minimum absolute atomic E-state index is 0.596. The van der Waals surface area contributed by atoms with Crippen LogP contribution >= 0.6 is 28.1 Å². The molecule has 0 aliphatic carbocycles. The molecule has 14 heavy (non-hydrogen) atoms. The highest BCUT2D eigenvalue weighted by Crippen LogP contribution is 2.17. The van der Waals surface area contributed by atoms with Crippen LogP contribution in [0.1, 0.15) is 32.3 Å². The number of aromatic amines is 1. The van der Waals surface area contributed by atoms with Gasteiger partial charge in [0, 0.05) is 12.1 Å². The third-order valence-corrected chi connectivity index (χ3v) is 3.35. The normalized spacial score (nSPS) is 10.9. The Balaban J connectivity index is 3.10. The summed E-state index contributed by atoms with van der Waals surface area (Å²) in [6.07, 6.45) is 1.89. The van der Waals surface area contributed by atoms with Crippen molar-refractivity contribution >= 4 is 28.1 Å². The van der Waals surface area contributed by atoms with E-state index in [0.717, 1.165) is 28.8 Å². The van der Waals surface area contributed by atoms with Gasteiger partial charge in [-0.25, -0.2) is 4.98 Å². The third kappa shape index (κ3) is 2.89. The van der Waals surface area contributed by atoms with Gasteiger partial charge in [-0.2, -0.15) is 0 Å². The Hall–Kier alpha value is -0.220. The van der Waals surface area contributed by atoms with E-state index in [0.29, 0.717) is 10.6 Å². The molecule has 0 fully saturated rings. The molecule has 0 aliphatic heterocycles. The smallest absolute Gasteiger partial charge is 0.144 e. The van der Waals surface area contributed by atoms with Gasteiger partial charge in [0.1, 0.15) is 10.5 Å². The second kappa shape index (κ2) is 5.03. The maximum absolute atomic E-state index is 5.17. The van der Waals surface area contributed by atoms with Crippen LogP contribution in [0.3, 0.4) is 0 Å². The number of H-pyrrole nitrogens is 1. The van der Waals surface area contributed by atoms with Crippen molar-refractivity contribution in [1.82, 2.24) is 9.97 Å². The summed E-state index contributed by atoms with van der Waals surface area (Å²) in [6.45, 7) is 6.45. The topological polar surface area (TPSA) is 28.7 Å². The van der Waals surface area contributed by atoms with Gasteiger partial charge in [0.25, 0.3) is 0 Å². The summed E-state index contributed by atoms with van der Waals surface area (Å²) < 4.78 is 1.60. The lowest BCUT2D eigenvalue weighted by atomic mass is 10.1. The molecule has 0 spiro atoms. The number of nitrogens with one attached hydrogen (secondary N) is 1. The molecule has 0 atom stereocenters. The minimum Gasteiger partial charge on any atom is -0.346 e. The molecule has 0 bridgehead atoms. The van der Waals surface area contributed by atoms with Gasteiger partial charge in [-0.1, -0.05) is 33.0 Å². The predicted molar refractivity (Wildman–Crippen MR) is 65.0 cm³/mol. The molecule has 78 valence electrons. The van der Waals surface area contributed by atoms with E-state index in [9.17, 15) is 0 Å². The van der Waals surface area contributed by atoms with Crippen molar-refractivity contribution in [2.45, 2.75) is 33.6 Å². The van der Waals surface area contributed by atoms with E-state index >= 15 is 0 Å². The van der Waals surface area contributed by atoms with E-state index in [-0.39, 0.29) is 0 Å². The first kappa shape index (κ1) is 11.9. The zero-order valence-electron chi connectivity index (χ0n) is 8.72. The minimum atomic E-state index is 0.596. The van der Waals surface area contributed by atoms with Crippen molar-refractivity contribution in [3.8, 4) is 0 Å². The first-order chi connectivity index (χ1) is 6.54. The van der Waals surface area contributed by atoms with E-state index in [1.54, 1.807) is 0 Å². The summed E-state index contributed by atoms with van der Waals surface area (Å²) in [5, 5.41) is 0. The highest BCUT2D eigenvalue weighted by atomic mass is 79.9. The van der Waals surface area contributed by atoms with Crippen LogP contribution in [0.15, 0.2) is 4.47 Å². The molecule has 1 N–H and O–H groups in total. The average molecular weight is 275 g/mol. The standard InChI is InChI=1S/C10H15BrN2S/c1-4-7-9(11)10(14)13-8(12-7)5-6(2)3/h6H,4-5H2,1-3H3,(H,12,13,14). The van der Waals surface area contributed by atoms with Crippen LogP contribution in [0.2, 0.25) is 0 Å². The van der Waals surface area contributed by atoms with Gasteiger partial charge in [0.2, 0.25) is 0 Å². The fourth-order valence-electron chi connectivity index (χ4n) is 1.28. The van der Waals surface area contributed by atoms with Gasteiger partial charge in [-0.05, 0) is 28.3 Å². The Labute approximate surface area is 98.3 Å². The molecule has 1 heterocycles. The van der Waals surface area contributed by atoms with Crippen molar-refractivity contribution in [2.24, 2.45) is 5.92 Å². The van der Waals surface area contributed by atoms with Crippen LogP contribution in [0.5, 0.6) is 0 Å². The molecule has 0 amide bonds. The summed E-state index contributed by atoms with van der Waals surface area (Å²) in [4.78, 5) is 7.64. The molecule has 1 rings (SSSR count). The molecule has 0 aromatic carbocycles. The SMILES string of the molecule is CCc1[nH]c(CC(C)C)nc(=S)c1Br. The number of nitrogens with zero attached hydrogens (tertiary/aromatic N) is 1. The number of aryl methyl sites for hydroxylation is 1. The molecule has 0 unspecified atom stereocenters. The highest BCUT2D eigenvalue weighted by molar-refractivity contribution is 9.10. The molecule has 1 aromatic heterocycles. The lowest BCUT2D eigenvalue weighted by molar-refractivity contribution is 0.616. The molecule has 2 nitrogen and oxygen atoms in total. The van der Waals surface area contributed by atoms with Gasteiger partial charge < -0.3 is 4.98 Å². The number of aromatic nitrogens is 2. The van der Waals surface area contributed by atoms with E-state index in [4.69, 9.17) is 12.2 Å². The summed E-state index contributed by atoms with van der Waals surface area (Å²) >= 11 is 8.61. The van der Waals surface area contributed by atoms with Gasteiger partial charge in [0.15, 0.2) is 0 Å². The largest absolute Gasteiger partial charge is 0.346 e. The summed E-state index contributed by atoms with van der Waals surface area (Å²) in [5.41, 5.74) is 1.14. The fourth-order valence-corrected chi connectivity index (χ4v) is 1.99. The zero-order valence-corrected chi connectivity index (χ0v) is 11.1. The van der Waals surface area contributed by atoms with Crippen LogP contribution in [0.25, 0.3) is 0 Å². The summed E-state index contributed by atoms with van der Waals surface area (Å²) in [5.74, 6) is 1.59. The van der Waals surface area contributed by atoms with Crippen LogP contribution in [-0.2, 0) is 12.8 Å². The van der Waals surface area contributed by atoms with E-state index in [1.807, 2.05) is 0 Å². The van der Waals surface area contributed by atoms with Crippen LogP contribution in [-0.4, -0.2) is 9.97 Å². The maximum atomic E-state index is 5.17. The monoisotopic (exact) mass is 274 g/mol. The van der Waals surface area contributed by atoms with Gasteiger partial charge >= 0.3 is 0 Å². The molecule has 1 aromatic rings. The van der Waals surface area contributed by atoms with Gasteiger partial charge in [0.05, 0.1) is 4.47 Å². The lowest BCUT2D eigenvalue weighted by Crippen LogP contribution is -2.04. The van der Waals surface area contributed by atoms with Crippen LogP contribution in [0, 0.1) is 10.6 Å². The number of hydrogen-bond acceptors (Lipinski definition) is 2.